The molecule has 0 atom stereocenters. The quantitative estimate of drug-likeness (QED) is 0.800. The second-order valence-corrected chi connectivity index (χ2v) is 5.79. The maximum Gasteiger partial charge on any atom is 0.317 e. The average Bonchev–Trinajstić information content (AvgIpc) is 3.16. The number of carboxylic acid groups (broad SMARTS) is 1. The Bertz CT molecular complexity index is 457. The van der Waals surface area contributed by atoms with Crippen molar-refractivity contribution in [2.75, 3.05) is 26.2 Å². The molecular formula is C14H17Cl2NO3. The third-order valence-electron chi connectivity index (χ3n) is 3.15. The lowest BCUT2D eigenvalue weighted by Gasteiger charge is -2.20. The number of hydrogen-bond donors (Lipinski definition) is 1. The lowest BCUT2D eigenvalue weighted by Crippen LogP contribution is -2.35. The van der Waals surface area contributed by atoms with Crippen molar-refractivity contribution in [3.63, 3.8) is 0 Å². The van der Waals surface area contributed by atoms with Crippen LogP contribution in [0.15, 0.2) is 18.2 Å². The van der Waals surface area contributed by atoms with Crippen molar-refractivity contribution in [2.24, 2.45) is 5.92 Å². The first kappa shape index (κ1) is 15.4. The first-order chi connectivity index (χ1) is 9.56. The van der Waals surface area contributed by atoms with Crippen LogP contribution >= 0.6 is 23.2 Å². The molecule has 0 aliphatic heterocycles. The zero-order chi connectivity index (χ0) is 14.5. The van der Waals surface area contributed by atoms with Crippen LogP contribution in [0.4, 0.5) is 0 Å². The molecule has 6 heteroatoms. The van der Waals surface area contributed by atoms with Gasteiger partial charge in [-0.25, -0.2) is 0 Å². The van der Waals surface area contributed by atoms with E-state index >= 15 is 0 Å². The minimum atomic E-state index is -0.818. The molecule has 4 nitrogen and oxygen atoms in total. The van der Waals surface area contributed by atoms with E-state index < -0.39 is 5.97 Å². The topological polar surface area (TPSA) is 49.8 Å². The second-order valence-electron chi connectivity index (χ2n) is 4.97. The fraction of sp³-hybridized carbons (Fsp3) is 0.500. The summed E-state index contributed by atoms with van der Waals surface area (Å²) in [6, 6.07) is 5.17. The van der Waals surface area contributed by atoms with Crippen molar-refractivity contribution < 1.29 is 14.6 Å². The van der Waals surface area contributed by atoms with Gasteiger partial charge in [-0.05, 0) is 30.9 Å². The highest BCUT2D eigenvalue weighted by molar-refractivity contribution is 6.37. The van der Waals surface area contributed by atoms with E-state index in [4.69, 9.17) is 33.0 Å². The van der Waals surface area contributed by atoms with Crippen LogP contribution in [0.2, 0.25) is 10.0 Å². The molecule has 1 aromatic rings. The SMILES string of the molecule is O=C(O)CN(CCOc1c(Cl)cccc1Cl)CC1CC1. The monoisotopic (exact) mass is 317 g/mol. The van der Waals surface area contributed by atoms with Gasteiger partial charge in [0, 0.05) is 13.1 Å². The number of carboxylic acids is 1. The van der Waals surface area contributed by atoms with Gasteiger partial charge in [-0.2, -0.15) is 0 Å². The minimum absolute atomic E-state index is 0.0378. The summed E-state index contributed by atoms with van der Waals surface area (Å²) in [5.41, 5.74) is 0. The molecule has 110 valence electrons. The number of hydrogen-bond acceptors (Lipinski definition) is 3. The number of benzene rings is 1. The third kappa shape index (κ3) is 4.85. The van der Waals surface area contributed by atoms with Crippen molar-refractivity contribution in [2.45, 2.75) is 12.8 Å². The third-order valence-corrected chi connectivity index (χ3v) is 3.74. The first-order valence-electron chi connectivity index (χ1n) is 6.57. The summed E-state index contributed by atoms with van der Waals surface area (Å²) in [5.74, 6) is 0.275. The molecule has 1 saturated carbocycles. The van der Waals surface area contributed by atoms with Gasteiger partial charge in [0.25, 0.3) is 0 Å². The normalized spacial score (nSPS) is 14.6. The zero-order valence-electron chi connectivity index (χ0n) is 11.0. The number of carbonyl (C=O) groups is 1. The number of nitrogens with zero attached hydrogens (tertiary/aromatic N) is 1. The predicted molar refractivity (Wildman–Crippen MR) is 78.8 cm³/mol. The molecule has 20 heavy (non-hydrogen) atoms. The van der Waals surface area contributed by atoms with Crippen molar-refractivity contribution in [3.05, 3.63) is 28.2 Å². The van der Waals surface area contributed by atoms with E-state index in [0.717, 1.165) is 6.54 Å². The fourth-order valence-corrected chi connectivity index (χ4v) is 2.50. The summed E-state index contributed by atoms with van der Waals surface area (Å²) in [4.78, 5) is 12.7. The molecule has 1 aliphatic carbocycles. The Kier molecular flexibility index (Phi) is 5.52. The summed E-state index contributed by atoms with van der Waals surface area (Å²) in [6.45, 7) is 1.76. The van der Waals surface area contributed by atoms with Crippen LogP contribution in [-0.2, 0) is 4.79 Å². The number of ether oxygens (including phenoxy) is 1. The highest BCUT2D eigenvalue weighted by Crippen LogP contribution is 2.32. The van der Waals surface area contributed by atoms with E-state index in [-0.39, 0.29) is 6.54 Å². The van der Waals surface area contributed by atoms with Crippen LogP contribution in [0.1, 0.15) is 12.8 Å². The molecule has 1 fully saturated rings. The average molecular weight is 318 g/mol. The van der Waals surface area contributed by atoms with Crippen LogP contribution in [0.5, 0.6) is 5.75 Å². The molecule has 0 aromatic heterocycles. The van der Waals surface area contributed by atoms with Crippen LogP contribution in [0.3, 0.4) is 0 Å². The van der Waals surface area contributed by atoms with Gasteiger partial charge < -0.3 is 9.84 Å². The van der Waals surface area contributed by atoms with E-state index in [1.165, 1.54) is 12.8 Å². The van der Waals surface area contributed by atoms with Gasteiger partial charge in [0.1, 0.15) is 6.61 Å². The van der Waals surface area contributed by atoms with E-state index in [0.29, 0.717) is 34.9 Å². The Balaban J connectivity index is 1.84. The largest absolute Gasteiger partial charge is 0.489 e. The Morgan fingerprint density at radius 3 is 2.55 bits per heavy atom. The summed E-state index contributed by atoms with van der Waals surface area (Å²) in [5, 5.41) is 9.82. The van der Waals surface area contributed by atoms with Crippen molar-refractivity contribution in [3.8, 4) is 5.75 Å². The molecule has 1 aliphatic rings. The molecule has 0 spiro atoms. The molecule has 1 aromatic carbocycles. The van der Waals surface area contributed by atoms with Crippen molar-refractivity contribution >= 4 is 29.2 Å². The number of aliphatic carboxylic acids is 1. The number of para-hydroxylation sites is 1. The summed E-state index contributed by atoms with van der Waals surface area (Å²) in [6.07, 6.45) is 2.38. The van der Waals surface area contributed by atoms with Crippen LogP contribution in [0.25, 0.3) is 0 Å². The molecule has 0 unspecified atom stereocenters. The zero-order valence-corrected chi connectivity index (χ0v) is 12.5. The van der Waals surface area contributed by atoms with Crippen LogP contribution in [-0.4, -0.2) is 42.2 Å². The molecule has 0 radical (unpaired) electrons. The van der Waals surface area contributed by atoms with Crippen molar-refractivity contribution in [1.82, 2.24) is 4.90 Å². The van der Waals surface area contributed by atoms with Gasteiger partial charge in [-0.1, -0.05) is 29.3 Å². The summed E-state index contributed by atoms with van der Waals surface area (Å²) < 4.78 is 5.58. The lowest BCUT2D eigenvalue weighted by molar-refractivity contribution is -0.138. The molecule has 0 amide bonds. The van der Waals surface area contributed by atoms with Crippen LogP contribution in [0, 0.1) is 5.92 Å². The van der Waals surface area contributed by atoms with Crippen LogP contribution < -0.4 is 4.74 Å². The van der Waals surface area contributed by atoms with Gasteiger partial charge >= 0.3 is 5.97 Å². The molecule has 0 saturated heterocycles. The van der Waals surface area contributed by atoms with E-state index in [2.05, 4.69) is 0 Å². The van der Waals surface area contributed by atoms with Crippen molar-refractivity contribution in [1.29, 1.82) is 0 Å². The highest BCUT2D eigenvalue weighted by atomic mass is 35.5. The maximum absolute atomic E-state index is 10.8. The number of rotatable bonds is 8. The van der Waals surface area contributed by atoms with E-state index in [9.17, 15) is 4.79 Å². The Morgan fingerprint density at radius 1 is 1.35 bits per heavy atom. The Labute approximate surface area is 128 Å². The molecule has 1 N–H and O–H groups in total. The smallest absolute Gasteiger partial charge is 0.317 e. The lowest BCUT2D eigenvalue weighted by atomic mass is 10.3. The van der Waals surface area contributed by atoms with Gasteiger partial charge in [0.2, 0.25) is 0 Å². The van der Waals surface area contributed by atoms with Gasteiger partial charge in [-0.3, -0.25) is 9.69 Å². The Hall–Kier alpha value is -0.970. The molecular weight excluding hydrogens is 301 g/mol. The van der Waals surface area contributed by atoms with Gasteiger partial charge in [-0.15, -0.1) is 0 Å². The fourth-order valence-electron chi connectivity index (χ4n) is 1.99. The minimum Gasteiger partial charge on any atom is -0.489 e. The standard InChI is InChI=1S/C14H17Cl2NO3/c15-11-2-1-3-12(16)14(11)20-7-6-17(9-13(18)19)8-10-4-5-10/h1-3,10H,4-9H2,(H,18,19). The summed E-state index contributed by atoms with van der Waals surface area (Å²) in [7, 11) is 0. The van der Waals surface area contributed by atoms with E-state index in [1.807, 2.05) is 4.90 Å². The Morgan fingerprint density at radius 2 is 2.00 bits per heavy atom. The molecule has 0 bridgehead atoms. The predicted octanol–water partition coefficient (Wildman–Crippen LogP) is 3.17. The van der Waals surface area contributed by atoms with Gasteiger partial charge in [0.15, 0.2) is 5.75 Å². The highest BCUT2D eigenvalue weighted by Gasteiger charge is 2.25. The molecule has 0 heterocycles. The number of halogens is 2. The maximum atomic E-state index is 10.8. The molecule has 2 rings (SSSR count). The summed E-state index contributed by atoms with van der Waals surface area (Å²) >= 11 is 12.0. The van der Waals surface area contributed by atoms with Gasteiger partial charge in [0.05, 0.1) is 16.6 Å². The van der Waals surface area contributed by atoms with E-state index in [1.54, 1.807) is 18.2 Å². The first-order valence-corrected chi connectivity index (χ1v) is 7.33. The second kappa shape index (κ2) is 7.16.